The van der Waals surface area contributed by atoms with Crippen LogP contribution in [0.4, 0.5) is 0 Å². The smallest absolute Gasteiger partial charge is 0.248 e. The Hall–Kier alpha value is -1.41. The highest BCUT2D eigenvalue weighted by Gasteiger charge is 2.32. The van der Waals surface area contributed by atoms with Gasteiger partial charge in [0.1, 0.15) is 10.6 Å². The number of rotatable bonds is 2. The fraction of sp³-hybridized carbons (Fsp3) is 0.667. The normalized spacial score (nSPS) is 18.1. The maximum absolute atomic E-state index is 12.6. The van der Waals surface area contributed by atoms with Crippen molar-refractivity contribution < 1.29 is 17.7 Å². The summed E-state index contributed by atoms with van der Waals surface area (Å²) in [6.45, 7) is 6.40. The summed E-state index contributed by atoms with van der Waals surface area (Å²) >= 11 is 0. The van der Waals surface area contributed by atoms with Gasteiger partial charge in [-0.2, -0.15) is 4.31 Å². The predicted molar refractivity (Wildman–Crippen MR) is 71.6 cm³/mol. The lowest BCUT2D eigenvalue weighted by Crippen LogP contribution is -2.36. The number of aryl methyl sites for hydroxylation is 2. The van der Waals surface area contributed by atoms with E-state index in [2.05, 4.69) is 5.16 Å². The summed E-state index contributed by atoms with van der Waals surface area (Å²) in [7, 11) is -3.61. The van der Waals surface area contributed by atoms with Crippen molar-refractivity contribution in [3.63, 3.8) is 0 Å². The third-order valence-electron chi connectivity index (χ3n) is 3.47. The van der Waals surface area contributed by atoms with Crippen molar-refractivity contribution >= 4 is 15.9 Å². The SMILES string of the molecule is CC(=O)N1CCCN(S(=O)(=O)c2c(C)noc2C)CC1. The zero-order valence-electron chi connectivity index (χ0n) is 11.9. The topological polar surface area (TPSA) is 83.7 Å². The Morgan fingerprint density at radius 3 is 2.45 bits per heavy atom. The Bertz CT molecular complexity index is 589. The van der Waals surface area contributed by atoms with Crippen molar-refractivity contribution in [1.29, 1.82) is 0 Å². The molecule has 2 rings (SSSR count). The number of hydrogen-bond acceptors (Lipinski definition) is 5. The molecule has 0 radical (unpaired) electrons. The van der Waals surface area contributed by atoms with Gasteiger partial charge in [0.05, 0.1) is 0 Å². The number of sulfonamides is 1. The van der Waals surface area contributed by atoms with Crippen molar-refractivity contribution in [1.82, 2.24) is 14.4 Å². The standard InChI is InChI=1S/C12H19N3O4S/c1-9-12(10(2)19-13-9)20(17,18)15-6-4-5-14(7-8-15)11(3)16/h4-8H2,1-3H3. The molecule has 0 N–H and O–H groups in total. The summed E-state index contributed by atoms with van der Waals surface area (Å²) in [6, 6.07) is 0. The third-order valence-corrected chi connectivity index (χ3v) is 5.61. The Kier molecular flexibility index (Phi) is 4.14. The van der Waals surface area contributed by atoms with Gasteiger partial charge in [-0.1, -0.05) is 5.16 Å². The molecule has 1 aliphatic rings. The molecular weight excluding hydrogens is 282 g/mol. The fourth-order valence-electron chi connectivity index (χ4n) is 2.42. The molecule has 2 heterocycles. The van der Waals surface area contributed by atoms with Gasteiger partial charge in [0.15, 0.2) is 5.76 Å². The molecule has 0 spiro atoms. The summed E-state index contributed by atoms with van der Waals surface area (Å²) in [6.07, 6.45) is 0.627. The fourth-order valence-corrected chi connectivity index (χ4v) is 4.18. The van der Waals surface area contributed by atoms with E-state index in [4.69, 9.17) is 4.52 Å². The molecule has 1 amide bonds. The minimum absolute atomic E-state index is 0.0263. The molecule has 7 nitrogen and oxygen atoms in total. The largest absolute Gasteiger partial charge is 0.360 e. The van der Waals surface area contributed by atoms with Crippen molar-refractivity contribution in [2.24, 2.45) is 0 Å². The maximum atomic E-state index is 12.6. The molecule has 1 aliphatic heterocycles. The lowest BCUT2D eigenvalue weighted by atomic mass is 10.4. The monoisotopic (exact) mass is 301 g/mol. The molecule has 0 saturated carbocycles. The van der Waals surface area contributed by atoms with Crippen LogP contribution in [-0.2, 0) is 14.8 Å². The molecular formula is C12H19N3O4S. The van der Waals surface area contributed by atoms with E-state index in [1.54, 1.807) is 18.7 Å². The minimum Gasteiger partial charge on any atom is -0.360 e. The molecule has 0 aliphatic carbocycles. The zero-order valence-corrected chi connectivity index (χ0v) is 12.7. The number of carbonyl (C=O) groups is 1. The van der Waals surface area contributed by atoms with Crippen LogP contribution in [0.25, 0.3) is 0 Å². The second-order valence-corrected chi connectivity index (χ2v) is 6.79. The molecule has 0 aromatic carbocycles. The summed E-state index contributed by atoms with van der Waals surface area (Å²) < 4.78 is 31.6. The summed E-state index contributed by atoms with van der Waals surface area (Å²) in [5.41, 5.74) is 0.371. The minimum atomic E-state index is -3.61. The van der Waals surface area contributed by atoms with Crippen molar-refractivity contribution in [2.45, 2.75) is 32.1 Å². The average molecular weight is 301 g/mol. The van der Waals surface area contributed by atoms with E-state index in [1.807, 2.05) is 0 Å². The van der Waals surface area contributed by atoms with Gasteiger partial charge < -0.3 is 9.42 Å². The number of amides is 1. The Balaban J connectivity index is 2.25. The van der Waals surface area contributed by atoms with Crippen molar-refractivity contribution in [3.8, 4) is 0 Å². The van der Waals surface area contributed by atoms with Crippen LogP contribution in [0.1, 0.15) is 24.8 Å². The van der Waals surface area contributed by atoms with E-state index < -0.39 is 10.0 Å². The van der Waals surface area contributed by atoms with Gasteiger partial charge in [0, 0.05) is 33.1 Å². The first-order chi connectivity index (χ1) is 9.34. The zero-order chi connectivity index (χ0) is 14.9. The molecule has 8 heteroatoms. The van der Waals surface area contributed by atoms with E-state index in [9.17, 15) is 13.2 Å². The highest BCUT2D eigenvalue weighted by atomic mass is 32.2. The maximum Gasteiger partial charge on any atom is 0.248 e. The molecule has 0 bridgehead atoms. The number of nitrogens with zero attached hydrogens (tertiary/aromatic N) is 3. The van der Waals surface area contributed by atoms with E-state index in [1.165, 1.54) is 11.2 Å². The molecule has 1 saturated heterocycles. The van der Waals surface area contributed by atoms with E-state index in [0.717, 1.165) is 0 Å². The number of hydrogen-bond donors (Lipinski definition) is 0. The van der Waals surface area contributed by atoms with E-state index in [0.29, 0.717) is 44.1 Å². The summed E-state index contributed by atoms with van der Waals surface area (Å²) in [4.78, 5) is 13.2. The van der Waals surface area contributed by atoms with Crippen LogP contribution >= 0.6 is 0 Å². The molecule has 0 unspecified atom stereocenters. The first-order valence-electron chi connectivity index (χ1n) is 6.52. The first-order valence-corrected chi connectivity index (χ1v) is 7.96. The lowest BCUT2D eigenvalue weighted by molar-refractivity contribution is -0.128. The Morgan fingerprint density at radius 2 is 1.90 bits per heavy atom. The van der Waals surface area contributed by atoms with Crippen LogP contribution in [0.2, 0.25) is 0 Å². The van der Waals surface area contributed by atoms with Gasteiger partial charge in [-0.05, 0) is 20.3 Å². The Labute approximate surface area is 118 Å². The molecule has 112 valence electrons. The van der Waals surface area contributed by atoms with Crippen LogP contribution in [0.5, 0.6) is 0 Å². The molecule has 1 aromatic heterocycles. The lowest BCUT2D eigenvalue weighted by Gasteiger charge is -2.20. The number of carbonyl (C=O) groups excluding carboxylic acids is 1. The highest BCUT2D eigenvalue weighted by Crippen LogP contribution is 2.24. The highest BCUT2D eigenvalue weighted by molar-refractivity contribution is 7.89. The summed E-state index contributed by atoms with van der Waals surface area (Å²) in [5.74, 6) is 0.275. The van der Waals surface area contributed by atoms with E-state index >= 15 is 0 Å². The van der Waals surface area contributed by atoms with Gasteiger partial charge >= 0.3 is 0 Å². The van der Waals surface area contributed by atoms with Crippen molar-refractivity contribution in [2.75, 3.05) is 26.2 Å². The van der Waals surface area contributed by atoms with Crippen molar-refractivity contribution in [3.05, 3.63) is 11.5 Å². The molecule has 0 atom stereocenters. The van der Waals surface area contributed by atoms with Gasteiger partial charge in [-0.3, -0.25) is 4.79 Å². The van der Waals surface area contributed by atoms with Crippen LogP contribution in [0.15, 0.2) is 9.42 Å². The summed E-state index contributed by atoms with van der Waals surface area (Å²) in [5, 5.41) is 3.70. The Morgan fingerprint density at radius 1 is 1.20 bits per heavy atom. The second-order valence-electron chi connectivity index (χ2n) is 4.92. The van der Waals surface area contributed by atoms with Gasteiger partial charge in [-0.25, -0.2) is 8.42 Å². The average Bonchev–Trinajstić information content (AvgIpc) is 2.60. The quantitative estimate of drug-likeness (QED) is 0.796. The molecule has 20 heavy (non-hydrogen) atoms. The molecule has 1 aromatic rings. The molecule has 1 fully saturated rings. The van der Waals surface area contributed by atoms with Gasteiger partial charge in [-0.15, -0.1) is 0 Å². The second kappa shape index (κ2) is 5.53. The van der Waals surface area contributed by atoms with Crippen LogP contribution < -0.4 is 0 Å². The number of aromatic nitrogens is 1. The van der Waals surface area contributed by atoms with Crippen LogP contribution in [0.3, 0.4) is 0 Å². The van der Waals surface area contributed by atoms with Gasteiger partial charge in [0.25, 0.3) is 0 Å². The first kappa shape index (κ1) is 15.0. The van der Waals surface area contributed by atoms with E-state index in [-0.39, 0.29) is 10.8 Å². The van der Waals surface area contributed by atoms with Crippen LogP contribution in [-0.4, -0.2) is 54.9 Å². The third kappa shape index (κ3) is 2.71. The van der Waals surface area contributed by atoms with Crippen LogP contribution in [0, 0.1) is 13.8 Å². The predicted octanol–water partition coefficient (Wildman–Crippen LogP) is 0.534. The van der Waals surface area contributed by atoms with Gasteiger partial charge in [0.2, 0.25) is 15.9 Å².